The summed E-state index contributed by atoms with van der Waals surface area (Å²) in [4.78, 5) is 25.0. The average Bonchev–Trinajstić information content (AvgIpc) is 2.57. The minimum absolute atomic E-state index is 0.0151. The molecule has 0 saturated heterocycles. The number of carboxylic acid groups (broad SMARTS) is 1. The first kappa shape index (κ1) is 16.1. The molecule has 0 spiro atoms. The lowest BCUT2D eigenvalue weighted by molar-refractivity contribution is -0.121. The Morgan fingerprint density at radius 2 is 1.92 bits per heavy atom. The third-order valence-corrected chi connectivity index (χ3v) is 4.13. The minimum Gasteiger partial charge on any atom is -0.482 e. The molecule has 0 aliphatic carbocycles. The van der Waals surface area contributed by atoms with Crippen LogP contribution < -0.4 is 9.64 Å². The normalized spacial score (nSPS) is 13.6. The average molecular weight is 325 g/mol. The lowest BCUT2D eigenvalue weighted by Gasteiger charge is -2.30. The molecule has 0 atom stereocenters. The molecule has 1 amide bonds. The van der Waals surface area contributed by atoms with E-state index >= 15 is 0 Å². The monoisotopic (exact) mass is 325 g/mol. The van der Waals surface area contributed by atoms with E-state index in [1.54, 1.807) is 29.2 Å². The van der Waals surface area contributed by atoms with Crippen molar-refractivity contribution in [2.24, 2.45) is 0 Å². The van der Waals surface area contributed by atoms with Gasteiger partial charge in [-0.05, 0) is 41.3 Å². The van der Waals surface area contributed by atoms with Crippen LogP contribution in [0.5, 0.6) is 5.75 Å². The molecule has 1 heterocycles. The number of carbonyl (C=O) groups is 2. The molecular weight excluding hydrogens is 306 g/mol. The van der Waals surface area contributed by atoms with Gasteiger partial charge >= 0.3 is 5.97 Å². The smallest absolute Gasteiger partial charge is 0.335 e. The SMILES string of the molecule is CC(C)c1ccc2c(c1)N(Cc1ccc(C(=O)O)cc1)C(=O)CO2. The fraction of sp³-hybridized carbons (Fsp3) is 0.263. The summed E-state index contributed by atoms with van der Waals surface area (Å²) in [6.07, 6.45) is 0. The van der Waals surface area contributed by atoms with Crippen molar-refractivity contribution in [3.05, 3.63) is 59.2 Å². The quantitative estimate of drug-likeness (QED) is 0.935. The van der Waals surface area contributed by atoms with Crippen LogP contribution in [0.1, 0.15) is 41.3 Å². The molecule has 0 radical (unpaired) electrons. The molecule has 5 heteroatoms. The molecule has 1 aliphatic rings. The van der Waals surface area contributed by atoms with Crippen LogP contribution in [0.15, 0.2) is 42.5 Å². The van der Waals surface area contributed by atoms with Gasteiger partial charge in [0.25, 0.3) is 5.91 Å². The number of ether oxygens (including phenoxy) is 1. The van der Waals surface area contributed by atoms with Crippen molar-refractivity contribution < 1.29 is 19.4 Å². The molecule has 0 aromatic heterocycles. The standard InChI is InChI=1S/C19H19NO4/c1-12(2)15-7-8-17-16(9-15)20(18(21)11-24-17)10-13-3-5-14(6-4-13)19(22)23/h3-9,12H,10-11H2,1-2H3,(H,22,23). The van der Waals surface area contributed by atoms with E-state index in [2.05, 4.69) is 13.8 Å². The van der Waals surface area contributed by atoms with Crippen molar-refractivity contribution in [1.82, 2.24) is 0 Å². The van der Waals surface area contributed by atoms with Crippen LogP contribution in [0.2, 0.25) is 0 Å². The molecule has 0 unspecified atom stereocenters. The summed E-state index contributed by atoms with van der Waals surface area (Å²) in [7, 11) is 0. The Bertz CT molecular complexity index is 780. The van der Waals surface area contributed by atoms with E-state index < -0.39 is 5.97 Å². The molecule has 2 aromatic rings. The van der Waals surface area contributed by atoms with Gasteiger partial charge in [0.2, 0.25) is 0 Å². The van der Waals surface area contributed by atoms with Gasteiger partial charge in [0, 0.05) is 0 Å². The molecular formula is C19H19NO4. The van der Waals surface area contributed by atoms with E-state index in [-0.39, 0.29) is 18.1 Å². The van der Waals surface area contributed by atoms with E-state index in [0.717, 1.165) is 16.8 Å². The molecule has 0 fully saturated rings. The Labute approximate surface area is 140 Å². The lowest BCUT2D eigenvalue weighted by Crippen LogP contribution is -2.38. The van der Waals surface area contributed by atoms with Crippen LogP contribution in [-0.4, -0.2) is 23.6 Å². The number of aromatic carboxylic acids is 1. The number of rotatable bonds is 4. The highest BCUT2D eigenvalue weighted by molar-refractivity contribution is 5.98. The van der Waals surface area contributed by atoms with Crippen LogP contribution in [0.4, 0.5) is 5.69 Å². The van der Waals surface area contributed by atoms with Gasteiger partial charge in [0.1, 0.15) is 5.75 Å². The van der Waals surface area contributed by atoms with Crippen molar-refractivity contribution in [2.45, 2.75) is 26.3 Å². The van der Waals surface area contributed by atoms with Gasteiger partial charge in [0.05, 0.1) is 17.8 Å². The number of fused-ring (bicyclic) bond motifs is 1. The molecule has 1 aliphatic heterocycles. The van der Waals surface area contributed by atoms with E-state index in [1.807, 2.05) is 18.2 Å². The third-order valence-electron chi connectivity index (χ3n) is 4.13. The predicted molar refractivity (Wildman–Crippen MR) is 90.6 cm³/mol. The first-order chi connectivity index (χ1) is 11.5. The first-order valence-electron chi connectivity index (χ1n) is 7.85. The number of carbonyl (C=O) groups excluding carboxylic acids is 1. The highest BCUT2D eigenvalue weighted by atomic mass is 16.5. The zero-order valence-electron chi connectivity index (χ0n) is 13.7. The van der Waals surface area contributed by atoms with Crippen LogP contribution in [0.25, 0.3) is 0 Å². The number of hydrogen-bond donors (Lipinski definition) is 1. The molecule has 0 bridgehead atoms. The summed E-state index contributed by atoms with van der Waals surface area (Å²) in [6, 6.07) is 12.5. The summed E-state index contributed by atoms with van der Waals surface area (Å²) in [5.74, 6) is -0.0215. The number of amides is 1. The Kier molecular flexibility index (Phi) is 4.25. The number of benzene rings is 2. The van der Waals surface area contributed by atoms with Crippen molar-refractivity contribution >= 4 is 17.6 Å². The van der Waals surface area contributed by atoms with Crippen LogP contribution >= 0.6 is 0 Å². The maximum absolute atomic E-state index is 12.3. The zero-order valence-corrected chi connectivity index (χ0v) is 13.7. The number of nitrogens with zero attached hydrogens (tertiary/aromatic N) is 1. The fourth-order valence-electron chi connectivity index (χ4n) is 2.69. The first-order valence-corrected chi connectivity index (χ1v) is 7.85. The Morgan fingerprint density at radius 1 is 1.21 bits per heavy atom. The van der Waals surface area contributed by atoms with E-state index in [4.69, 9.17) is 9.84 Å². The number of anilines is 1. The predicted octanol–water partition coefficient (Wildman–Crippen LogP) is 3.43. The number of carboxylic acids is 1. The summed E-state index contributed by atoms with van der Waals surface area (Å²) >= 11 is 0. The lowest BCUT2D eigenvalue weighted by atomic mass is 10.0. The largest absolute Gasteiger partial charge is 0.482 e. The second-order valence-electron chi connectivity index (χ2n) is 6.15. The van der Waals surface area contributed by atoms with Crippen LogP contribution in [0.3, 0.4) is 0 Å². The maximum Gasteiger partial charge on any atom is 0.335 e. The summed E-state index contributed by atoms with van der Waals surface area (Å²) in [6.45, 7) is 4.60. The Balaban J connectivity index is 1.91. The molecule has 2 aromatic carbocycles. The Morgan fingerprint density at radius 3 is 2.54 bits per heavy atom. The second-order valence-corrected chi connectivity index (χ2v) is 6.15. The van der Waals surface area contributed by atoms with Crippen molar-refractivity contribution in [3.8, 4) is 5.75 Å². The Hall–Kier alpha value is -2.82. The van der Waals surface area contributed by atoms with Gasteiger partial charge in [-0.1, -0.05) is 32.0 Å². The molecule has 0 saturated carbocycles. The van der Waals surface area contributed by atoms with E-state index in [9.17, 15) is 9.59 Å². The molecule has 3 rings (SSSR count). The molecule has 24 heavy (non-hydrogen) atoms. The van der Waals surface area contributed by atoms with Crippen molar-refractivity contribution in [2.75, 3.05) is 11.5 Å². The van der Waals surface area contributed by atoms with Gasteiger partial charge in [-0.2, -0.15) is 0 Å². The molecule has 5 nitrogen and oxygen atoms in total. The van der Waals surface area contributed by atoms with Gasteiger partial charge in [-0.25, -0.2) is 4.79 Å². The van der Waals surface area contributed by atoms with E-state index in [1.165, 1.54) is 0 Å². The zero-order chi connectivity index (χ0) is 17.3. The minimum atomic E-state index is -0.962. The topological polar surface area (TPSA) is 66.8 Å². The maximum atomic E-state index is 12.3. The molecule has 1 N–H and O–H groups in total. The van der Waals surface area contributed by atoms with Gasteiger partial charge < -0.3 is 14.7 Å². The molecule has 124 valence electrons. The fourth-order valence-corrected chi connectivity index (χ4v) is 2.69. The number of hydrogen-bond acceptors (Lipinski definition) is 3. The summed E-state index contributed by atoms with van der Waals surface area (Å²) in [5.41, 5.74) is 3.00. The van der Waals surface area contributed by atoms with Crippen molar-refractivity contribution in [1.29, 1.82) is 0 Å². The third kappa shape index (κ3) is 3.11. The van der Waals surface area contributed by atoms with Gasteiger partial charge in [-0.15, -0.1) is 0 Å². The van der Waals surface area contributed by atoms with Crippen LogP contribution in [0, 0.1) is 0 Å². The van der Waals surface area contributed by atoms with Gasteiger partial charge in [0.15, 0.2) is 6.61 Å². The van der Waals surface area contributed by atoms with Crippen LogP contribution in [-0.2, 0) is 11.3 Å². The van der Waals surface area contributed by atoms with Crippen molar-refractivity contribution in [3.63, 3.8) is 0 Å². The second kappa shape index (κ2) is 6.35. The summed E-state index contributed by atoms with van der Waals surface area (Å²) in [5, 5.41) is 8.97. The summed E-state index contributed by atoms with van der Waals surface area (Å²) < 4.78 is 5.52. The van der Waals surface area contributed by atoms with E-state index in [0.29, 0.717) is 18.2 Å². The highest BCUT2D eigenvalue weighted by Crippen LogP contribution is 2.35. The highest BCUT2D eigenvalue weighted by Gasteiger charge is 2.26. The van der Waals surface area contributed by atoms with Gasteiger partial charge in [-0.3, -0.25) is 4.79 Å².